The van der Waals surface area contributed by atoms with Gasteiger partial charge in [-0.2, -0.15) is 0 Å². The van der Waals surface area contributed by atoms with E-state index in [0.29, 0.717) is 5.02 Å². The number of pyridine rings is 1. The summed E-state index contributed by atoms with van der Waals surface area (Å²) in [6, 6.07) is 2.05. The highest BCUT2D eigenvalue weighted by molar-refractivity contribution is 6.30. The molecule has 0 aliphatic rings. The van der Waals surface area contributed by atoms with Crippen LogP contribution >= 0.6 is 11.6 Å². The van der Waals surface area contributed by atoms with Gasteiger partial charge >= 0.3 is 0 Å². The fourth-order valence-corrected chi connectivity index (χ4v) is 1.14. The van der Waals surface area contributed by atoms with Crippen LogP contribution in [-0.4, -0.2) is 11.0 Å². The molecule has 0 aromatic carbocycles. The summed E-state index contributed by atoms with van der Waals surface area (Å²) in [7, 11) is 0. The van der Waals surface area contributed by atoms with Crippen molar-refractivity contribution >= 4 is 11.6 Å². The quantitative estimate of drug-likeness (QED) is 0.733. The van der Waals surface area contributed by atoms with E-state index in [1.807, 2.05) is 13.0 Å². The van der Waals surface area contributed by atoms with Crippen LogP contribution in [0.5, 0.6) is 0 Å². The second-order valence-corrected chi connectivity index (χ2v) is 3.13. The van der Waals surface area contributed by atoms with Crippen LogP contribution in [0.15, 0.2) is 18.5 Å². The monoisotopic (exact) mass is 170 g/mol. The van der Waals surface area contributed by atoms with Crippen molar-refractivity contribution in [2.45, 2.75) is 19.4 Å². The van der Waals surface area contributed by atoms with Gasteiger partial charge < -0.3 is 5.73 Å². The summed E-state index contributed by atoms with van der Waals surface area (Å²) in [5.41, 5.74) is 6.69. The van der Waals surface area contributed by atoms with Gasteiger partial charge in [-0.15, -0.1) is 0 Å². The normalized spacial score (nSPS) is 13.0. The predicted molar refractivity (Wildman–Crippen MR) is 46.6 cm³/mol. The maximum absolute atomic E-state index is 5.72. The van der Waals surface area contributed by atoms with Crippen molar-refractivity contribution in [3.8, 4) is 0 Å². The Morgan fingerprint density at radius 1 is 1.64 bits per heavy atom. The molecule has 0 fully saturated rings. The molecule has 1 aromatic heterocycles. The minimum Gasteiger partial charge on any atom is -0.328 e. The highest BCUT2D eigenvalue weighted by Crippen LogP contribution is 2.09. The van der Waals surface area contributed by atoms with Crippen LogP contribution in [0.1, 0.15) is 12.5 Å². The Balaban J connectivity index is 2.71. The standard InChI is InChI=1S/C8H11ClN2/c1-6(10)2-7-3-8(9)5-11-4-7/h3-6H,2,10H2,1H3. The molecule has 0 radical (unpaired) electrons. The molecule has 0 amide bonds. The highest BCUT2D eigenvalue weighted by atomic mass is 35.5. The van der Waals surface area contributed by atoms with E-state index in [-0.39, 0.29) is 6.04 Å². The first-order valence-corrected chi connectivity index (χ1v) is 3.91. The molecule has 2 nitrogen and oxygen atoms in total. The summed E-state index contributed by atoms with van der Waals surface area (Å²) in [6.45, 7) is 1.96. The molecule has 1 unspecified atom stereocenters. The minimum atomic E-state index is 0.162. The van der Waals surface area contributed by atoms with Gasteiger partial charge in [-0.1, -0.05) is 11.6 Å². The van der Waals surface area contributed by atoms with Crippen LogP contribution in [0, 0.1) is 0 Å². The third kappa shape index (κ3) is 2.87. The van der Waals surface area contributed by atoms with Crippen molar-refractivity contribution in [2.75, 3.05) is 0 Å². The lowest BCUT2D eigenvalue weighted by Crippen LogP contribution is -2.17. The molecule has 0 aliphatic carbocycles. The molecule has 0 spiro atoms. The number of nitrogens with zero attached hydrogens (tertiary/aromatic N) is 1. The van der Waals surface area contributed by atoms with E-state index in [1.54, 1.807) is 12.4 Å². The van der Waals surface area contributed by atoms with Gasteiger partial charge in [-0.3, -0.25) is 4.98 Å². The zero-order valence-corrected chi connectivity index (χ0v) is 7.17. The number of hydrogen-bond donors (Lipinski definition) is 1. The van der Waals surface area contributed by atoms with Gasteiger partial charge in [0.1, 0.15) is 0 Å². The molecule has 0 bridgehead atoms. The topological polar surface area (TPSA) is 38.9 Å². The van der Waals surface area contributed by atoms with E-state index < -0.39 is 0 Å². The Kier molecular flexibility index (Phi) is 2.85. The molecule has 3 heteroatoms. The van der Waals surface area contributed by atoms with E-state index in [0.717, 1.165) is 12.0 Å². The molecule has 0 saturated carbocycles. The minimum absolute atomic E-state index is 0.162. The Hall–Kier alpha value is -0.600. The third-order valence-corrected chi connectivity index (χ3v) is 1.53. The van der Waals surface area contributed by atoms with Crippen LogP contribution in [-0.2, 0) is 6.42 Å². The van der Waals surface area contributed by atoms with Crippen molar-refractivity contribution < 1.29 is 0 Å². The van der Waals surface area contributed by atoms with Crippen LogP contribution in [0.4, 0.5) is 0 Å². The molecule has 0 aliphatic heterocycles. The second kappa shape index (κ2) is 3.69. The SMILES string of the molecule is CC(N)Cc1cncc(Cl)c1. The van der Waals surface area contributed by atoms with E-state index in [4.69, 9.17) is 17.3 Å². The molecule has 1 heterocycles. The average molecular weight is 171 g/mol. The molecule has 1 atom stereocenters. The first-order chi connectivity index (χ1) is 5.18. The summed E-state index contributed by atoms with van der Waals surface area (Å²) >= 11 is 5.72. The van der Waals surface area contributed by atoms with Crippen molar-refractivity contribution in [1.29, 1.82) is 0 Å². The predicted octanol–water partition coefficient (Wildman–Crippen LogP) is 1.62. The van der Waals surface area contributed by atoms with Gasteiger partial charge in [0, 0.05) is 18.4 Å². The van der Waals surface area contributed by atoms with Crippen molar-refractivity contribution in [2.24, 2.45) is 5.73 Å². The smallest absolute Gasteiger partial charge is 0.0592 e. The summed E-state index contributed by atoms with van der Waals surface area (Å²) in [5, 5.41) is 0.670. The zero-order chi connectivity index (χ0) is 8.27. The number of aromatic nitrogens is 1. The van der Waals surface area contributed by atoms with Gasteiger partial charge in [0.15, 0.2) is 0 Å². The summed E-state index contributed by atoms with van der Waals surface area (Å²) in [5.74, 6) is 0. The summed E-state index contributed by atoms with van der Waals surface area (Å²) in [6.07, 6.45) is 4.23. The van der Waals surface area contributed by atoms with Crippen LogP contribution in [0.25, 0.3) is 0 Å². The lowest BCUT2D eigenvalue weighted by Gasteiger charge is -2.03. The first-order valence-electron chi connectivity index (χ1n) is 3.53. The van der Waals surface area contributed by atoms with Crippen molar-refractivity contribution in [1.82, 2.24) is 4.98 Å². The lowest BCUT2D eigenvalue weighted by molar-refractivity contribution is 0.736. The number of hydrogen-bond acceptors (Lipinski definition) is 2. The largest absolute Gasteiger partial charge is 0.328 e. The van der Waals surface area contributed by atoms with Crippen LogP contribution in [0.3, 0.4) is 0 Å². The lowest BCUT2D eigenvalue weighted by atomic mass is 10.1. The Bertz CT molecular complexity index is 235. The third-order valence-electron chi connectivity index (χ3n) is 1.32. The average Bonchev–Trinajstić information content (AvgIpc) is 1.85. The maximum atomic E-state index is 5.72. The second-order valence-electron chi connectivity index (χ2n) is 2.69. The molecule has 60 valence electrons. The van der Waals surface area contributed by atoms with Gasteiger partial charge in [0.2, 0.25) is 0 Å². The molecule has 1 rings (SSSR count). The fraction of sp³-hybridized carbons (Fsp3) is 0.375. The number of halogens is 1. The van der Waals surface area contributed by atoms with Crippen LogP contribution < -0.4 is 5.73 Å². The number of nitrogens with two attached hydrogens (primary N) is 1. The van der Waals surface area contributed by atoms with E-state index in [2.05, 4.69) is 4.98 Å². The molecule has 2 N–H and O–H groups in total. The summed E-state index contributed by atoms with van der Waals surface area (Å²) in [4.78, 5) is 3.95. The van der Waals surface area contributed by atoms with Crippen molar-refractivity contribution in [3.63, 3.8) is 0 Å². The van der Waals surface area contributed by atoms with Gasteiger partial charge in [0.25, 0.3) is 0 Å². The Morgan fingerprint density at radius 3 is 2.91 bits per heavy atom. The molecular formula is C8H11ClN2. The van der Waals surface area contributed by atoms with Gasteiger partial charge in [-0.05, 0) is 25.0 Å². The Labute approximate surface area is 71.4 Å². The first kappa shape index (κ1) is 8.50. The van der Waals surface area contributed by atoms with Crippen LogP contribution in [0.2, 0.25) is 5.02 Å². The van der Waals surface area contributed by atoms with E-state index >= 15 is 0 Å². The maximum Gasteiger partial charge on any atom is 0.0592 e. The Morgan fingerprint density at radius 2 is 2.36 bits per heavy atom. The molecule has 1 aromatic rings. The number of rotatable bonds is 2. The molecule has 0 saturated heterocycles. The summed E-state index contributed by atoms with van der Waals surface area (Å²) < 4.78 is 0. The van der Waals surface area contributed by atoms with Gasteiger partial charge in [-0.25, -0.2) is 0 Å². The van der Waals surface area contributed by atoms with Gasteiger partial charge in [0.05, 0.1) is 5.02 Å². The van der Waals surface area contributed by atoms with Crippen molar-refractivity contribution in [3.05, 3.63) is 29.0 Å². The van der Waals surface area contributed by atoms with E-state index in [1.165, 1.54) is 0 Å². The molecule has 11 heavy (non-hydrogen) atoms. The molecular weight excluding hydrogens is 160 g/mol. The van der Waals surface area contributed by atoms with E-state index in [9.17, 15) is 0 Å². The fourth-order valence-electron chi connectivity index (χ4n) is 0.939. The zero-order valence-electron chi connectivity index (χ0n) is 6.42. The highest BCUT2D eigenvalue weighted by Gasteiger charge is 1.97.